The molecule has 3 aliphatic rings. The summed E-state index contributed by atoms with van der Waals surface area (Å²) in [6.07, 6.45) is -6.65. The first-order chi connectivity index (χ1) is 19.3. The SMILES string of the molecule is CC(F)(c1ccc2c(c1)CC[C@H]1[C@H](C(=O)N3CC(F)(F)C[C@@H]3C(N)=O)CC[C@@]21S(=O)(=O)c1ccc(F)cc1)C(F)(F)F. The summed E-state index contributed by atoms with van der Waals surface area (Å²) in [4.78, 5) is 26.0. The number of likely N-dealkylation sites (tertiary alicyclic amines) is 1. The predicted octanol–water partition coefficient (Wildman–Crippen LogP) is 4.94. The number of benzene rings is 2. The van der Waals surface area contributed by atoms with Crippen molar-refractivity contribution in [1.82, 2.24) is 4.90 Å². The Kier molecular flexibility index (Phi) is 6.98. The summed E-state index contributed by atoms with van der Waals surface area (Å²) in [7, 11) is -4.50. The first-order valence-corrected chi connectivity index (χ1v) is 14.7. The van der Waals surface area contributed by atoms with Gasteiger partial charge in [0.25, 0.3) is 5.92 Å². The maximum Gasteiger partial charge on any atom is 0.426 e. The first kappa shape index (κ1) is 30.3. The van der Waals surface area contributed by atoms with Crippen LogP contribution in [0.1, 0.15) is 49.3 Å². The van der Waals surface area contributed by atoms with E-state index < -0.39 is 86.4 Å². The average Bonchev–Trinajstić information content (AvgIpc) is 3.46. The summed E-state index contributed by atoms with van der Waals surface area (Å²) < 4.78 is 124. The van der Waals surface area contributed by atoms with Crippen LogP contribution in [-0.2, 0) is 36.3 Å². The Balaban J connectivity index is 1.65. The molecule has 1 heterocycles. The molecule has 1 unspecified atom stereocenters. The second kappa shape index (κ2) is 9.68. The summed E-state index contributed by atoms with van der Waals surface area (Å²) >= 11 is 0. The zero-order chi connectivity index (χ0) is 31.0. The topological polar surface area (TPSA) is 97.5 Å². The van der Waals surface area contributed by atoms with Crippen LogP contribution in [0.15, 0.2) is 47.4 Å². The second-order valence-corrected chi connectivity index (χ2v) is 13.7. The van der Waals surface area contributed by atoms with Crippen LogP contribution in [0.3, 0.4) is 0 Å². The fraction of sp³-hybridized carbons (Fsp3) is 0.500. The van der Waals surface area contributed by atoms with Gasteiger partial charge in [-0.05, 0) is 79.5 Å². The molecule has 2 amide bonds. The van der Waals surface area contributed by atoms with E-state index >= 15 is 0 Å². The molecule has 2 fully saturated rings. The molecule has 5 atom stereocenters. The standard InChI is InChI=1S/C28H27F7N2O4S/c1-25(30,28(33,34)35)16-3-9-20-15(12-16)2-8-21-19(24(39)37-14-26(31,32)13-22(37)23(36)38)10-11-27(20,21)42(40,41)18-6-4-17(29)5-7-18/h3-7,9,12,19,21-22H,2,8,10-11,13-14H2,1H3,(H2,36,38)/t19-,21+,22-,25?,27-/m1/s1. The van der Waals surface area contributed by atoms with Gasteiger partial charge in [0.1, 0.15) is 16.6 Å². The summed E-state index contributed by atoms with van der Waals surface area (Å²) in [6, 6.07) is 5.25. The lowest BCUT2D eigenvalue weighted by Crippen LogP contribution is -2.50. The minimum atomic E-state index is -5.25. The van der Waals surface area contributed by atoms with Crippen molar-refractivity contribution in [1.29, 1.82) is 0 Å². The Bertz CT molecular complexity index is 1540. The fourth-order valence-electron chi connectivity index (χ4n) is 6.94. The third-order valence-electron chi connectivity index (χ3n) is 9.07. The number of rotatable bonds is 5. The van der Waals surface area contributed by atoms with Gasteiger partial charge in [0.05, 0.1) is 11.4 Å². The third kappa shape index (κ3) is 4.47. The highest BCUT2D eigenvalue weighted by molar-refractivity contribution is 7.92. The smallest absolute Gasteiger partial charge is 0.368 e. The highest BCUT2D eigenvalue weighted by atomic mass is 32.2. The van der Waals surface area contributed by atoms with E-state index in [9.17, 15) is 48.7 Å². The number of hydrogen-bond acceptors (Lipinski definition) is 4. The van der Waals surface area contributed by atoms with Crippen molar-refractivity contribution in [3.8, 4) is 0 Å². The number of carbonyl (C=O) groups excluding carboxylic acids is 2. The predicted molar refractivity (Wildman–Crippen MR) is 135 cm³/mol. The Labute approximate surface area is 237 Å². The maximum absolute atomic E-state index is 14.9. The summed E-state index contributed by atoms with van der Waals surface area (Å²) in [5.41, 5.74) is 1.04. The van der Waals surface area contributed by atoms with E-state index in [0.717, 1.165) is 42.5 Å². The molecule has 14 heteroatoms. The zero-order valence-corrected chi connectivity index (χ0v) is 23.0. The van der Waals surface area contributed by atoms with Crippen molar-refractivity contribution >= 4 is 21.7 Å². The molecule has 0 radical (unpaired) electrons. The average molecular weight is 621 g/mol. The lowest BCUT2D eigenvalue weighted by atomic mass is 9.72. The second-order valence-electron chi connectivity index (χ2n) is 11.5. The van der Waals surface area contributed by atoms with Crippen LogP contribution in [0.2, 0.25) is 0 Å². The summed E-state index contributed by atoms with van der Waals surface area (Å²) in [6.45, 7) is -0.719. The Hall–Kier alpha value is -3.16. The number of aryl methyl sites for hydroxylation is 1. The van der Waals surface area contributed by atoms with Gasteiger partial charge < -0.3 is 10.6 Å². The van der Waals surface area contributed by atoms with Gasteiger partial charge in [-0.1, -0.05) is 18.2 Å². The van der Waals surface area contributed by atoms with Gasteiger partial charge in [-0.2, -0.15) is 13.2 Å². The quantitative estimate of drug-likeness (QED) is 0.379. The number of nitrogens with zero attached hydrogens (tertiary/aromatic N) is 1. The Morgan fingerprint density at radius 3 is 2.26 bits per heavy atom. The van der Waals surface area contributed by atoms with Crippen molar-refractivity contribution in [3.63, 3.8) is 0 Å². The lowest BCUT2D eigenvalue weighted by Gasteiger charge is -2.43. The van der Waals surface area contributed by atoms with Gasteiger partial charge >= 0.3 is 6.18 Å². The molecule has 1 saturated heterocycles. The van der Waals surface area contributed by atoms with Gasteiger partial charge in [-0.3, -0.25) is 9.59 Å². The normalized spacial score (nSPS) is 28.6. The van der Waals surface area contributed by atoms with Gasteiger partial charge in [0.2, 0.25) is 17.5 Å². The van der Waals surface area contributed by atoms with E-state index in [2.05, 4.69) is 0 Å². The summed E-state index contributed by atoms with van der Waals surface area (Å²) in [5.74, 6) is -8.31. The summed E-state index contributed by atoms with van der Waals surface area (Å²) in [5, 5.41) is 0. The Morgan fingerprint density at radius 1 is 1.02 bits per heavy atom. The maximum atomic E-state index is 14.9. The van der Waals surface area contributed by atoms with E-state index in [0.29, 0.717) is 11.8 Å². The van der Waals surface area contributed by atoms with Gasteiger partial charge in [0.15, 0.2) is 9.84 Å². The minimum Gasteiger partial charge on any atom is -0.368 e. The molecule has 1 aliphatic heterocycles. The molecule has 0 aromatic heterocycles. The van der Waals surface area contributed by atoms with Crippen LogP contribution in [0.25, 0.3) is 0 Å². The van der Waals surface area contributed by atoms with E-state index in [1.165, 1.54) is 0 Å². The van der Waals surface area contributed by atoms with Crippen LogP contribution in [0.4, 0.5) is 30.7 Å². The zero-order valence-electron chi connectivity index (χ0n) is 22.2. The number of primary amides is 1. The molecule has 6 nitrogen and oxygen atoms in total. The first-order valence-electron chi connectivity index (χ1n) is 13.2. The van der Waals surface area contributed by atoms with Crippen LogP contribution in [-0.4, -0.2) is 49.8 Å². The molecule has 2 aromatic rings. The van der Waals surface area contributed by atoms with Crippen LogP contribution in [0, 0.1) is 17.7 Å². The van der Waals surface area contributed by atoms with E-state index in [4.69, 9.17) is 5.73 Å². The molecule has 0 bridgehead atoms. The van der Waals surface area contributed by atoms with Crippen molar-refractivity contribution in [3.05, 3.63) is 65.0 Å². The molecule has 2 aliphatic carbocycles. The molecule has 42 heavy (non-hydrogen) atoms. The molecule has 5 rings (SSSR count). The molecular formula is C28H27F7N2O4S. The number of alkyl halides is 6. The highest BCUT2D eigenvalue weighted by Gasteiger charge is 2.63. The number of carbonyl (C=O) groups is 2. The molecule has 0 spiro atoms. The van der Waals surface area contributed by atoms with Crippen LogP contribution >= 0.6 is 0 Å². The molecule has 2 aromatic carbocycles. The minimum absolute atomic E-state index is 0.0261. The Morgan fingerprint density at radius 2 is 1.67 bits per heavy atom. The number of fused-ring (bicyclic) bond motifs is 3. The van der Waals surface area contributed by atoms with E-state index in [1.807, 2.05) is 0 Å². The van der Waals surface area contributed by atoms with Gasteiger partial charge in [-0.25, -0.2) is 26.0 Å². The van der Waals surface area contributed by atoms with Crippen molar-refractivity contribution in [2.45, 2.75) is 72.5 Å². The monoisotopic (exact) mass is 620 g/mol. The molecular weight excluding hydrogens is 593 g/mol. The van der Waals surface area contributed by atoms with Crippen LogP contribution < -0.4 is 5.73 Å². The van der Waals surface area contributed by atoms with Gasteiger partial charge in [0, 0.05) is 12.3 Å². The largest absolute Gasteiger partial charge is 0.426 e. The lowest BCUT2D eigenvalue weighted by molar-refractivity contribution is -0.228. The van der Waals surface area contributed by atoms with Crippen molar-refractivity contribution < 1.29 is 48.7 Å². The number of sulfone groups is 1. The van der Waals surface area contributed by atoms with Gasteiger partial charge in [-0.15, -0.1) is 0 Å². The molecule has 2 N–H and O–H groups in total. The van der Waals surface area contributed by atoms with Crippen molar-refractivity contribution in [2.24, 2.45) is 17.6 Å². The third-order valence-corrected chi connectivity index (χ3v) is 11.7. The van der Waals surface area contributed by atoms with E-state index in [-0.39, 0.29) is 41.7 Å². The number of nitrogens with two attached hydrogens (primary N) is 1. The molecule has 228 valence electrons. The fourth-order valence-corrected chi connectivity index (χ4v) is 9.41. The number of amides is 2. The van der Waals surface area contributed by atoms with Crippen LogP contribution in [0.5, 0.6) is 0 Å². The molecule has 1 saturated carbocycles. The van der Waals surface area contributed by atoms with E-state index in [1.54, 1.807) is 0 Å². The number of halogens is 7. The highest BCUT2D eigenvalue weighted by Crippen LogP contribution is 2.60. The number of hydrogen-bond donors (Lipinski definition) is 1. The van der Waals surface area contributed by atoms with Crippen molar-refractivity contribution in [2.75, 3.05) is 6.54 Å².